The van der Waals surface area contributed by atoms with Crippen LogP contribution in [0.5, 0.6) is 0 Å². The summed E-state index contributed by atoms with van der Waals surface area (Å²) in [5.41, 5.74) is 1.13. The number of carbonyl (C=O) groups excluding carboxylic acids is 2. The average Bonchev–Trinajstić information content (AvgIpc) is 2.80. The molecule has 7 heteroatoms. The van der Waals surface area contributed by atoms with Crippen molar-refractivity contribution in [2.24, 2.45) is 0 Å². The van der Waals surface area contributed by atoms with Crippen LogP contribution in [0.3, 0.4) is 0 Å². The zero-order valence-electron chi connectivity index (χ0n) is 11.5. The summed E-state index contributed by atoms with van der Waals surface area (Å²) in [4.78, 5) is 24.1. The maximum Gasteiger partial charge on any atom is 0.343 e. The SMILES string of the molecule is CCOC(=O)c1c(C)nsc1NC(=O)c1ccccc1Cl. The fraction of sp³-hybridized carbons (Fsp3) is 0.214. The van der Waals surface area contributed by atoms with Crippen molar-refractivity contribution in [3.05, 3.63) is 46.1 Å². The monoisotopic (exact) mass is 324 g/mol. The predicted molar refractivity (Wildman–Crippen MR) is 82.2 cm³/mol. The second kappa shape index (κ2) is 6.69. The molecule has 5 nitrogen and oxygen atoms in total. The summed E-state index contributed by atoms with van der Waals surface area (Å²) in [6.45, 7) is 3.66. The van der Waals surface area contributed by atoms with Gasteiger partial charge in [-0.05, 0) is 37.5 Å². The zero-order chi connectivity index (χ0) is 15.4. The molecule has 0 aliphatic rings. The lowest BCUT2D eigenvalue weighted by atomic mass is 10.2. The lowest BCUT2D eigenvalue weighted by molar-refractivity contribution is 0.0527. The third-order valence-corrected chi connectivity index (χ3v) is 3.87. The number of esters is 1. The number of anilines is 1. The number of ether oxygens (including phenoxy) is 1. The largest absolute Gasteiger partial charge is 0.462 e. The highest BCUT2D eigenvalue weighted by molar-refractivity contribution is 7.11. The Morgan fingerprint density at radius 1 is 1.38 bits per heavy atom. The smallest absolute Gasteiger partial charge is 0.343 e. The van der Waals surface area contributed by atoms with Gasteiger partial charge in [-0.15, -0.1) is 0 Å². The van der Waals surface area contributed by atoms with Gasteiger partial charge in [0, 0.05) is 0 Å². The fourth-order valence-electron chi connectivity index (χ4n) is 1.71. The maximum atomic E-state index is 12.2. The van der Waals surface area contributed by atoms with E-state index in [4.69, 9.17) is 16.3 Å². The summed E-state index contributed by atoms with van der Waals surface area (Å²) in [5.74, 6) is -0.895. The van der Waals surface area contributed by atoms with Crippen LogP contribution >= 0.6 is 23.1 Å². The van der Waals surface area contributed by atoms with Gasteiger partial charge in [0.05, 0.1) is 22.9 Å². The Hall–Kier alpha value is -1.92. The number of hydrogen-bond acceptors (Lipinski definition) is 5. The lowest BCUT2D eigenvalue weighted by Gasteiger charge is -2.07. The molecule has 0 saturated carbocycles. The third kappa shape index (κ3) is 3.40. The Bertz CT molecular complexity index is 685. The van der Waals surface area contributed by atoms with Crippen molar-refractivity contribution in [3.8, 4) is 0 Å². The van der Waals surface area contributed by atoms with Gasteiger partial charge >= 0.3 is 5.97 Å². The Morgan fingerprint density at radius 3 is 2.76 bits per heavy atom. The summed E-state index contributed by atoms with van der Waals surface area (Å²) in [5, 5.41) is 3.36. The quantitative estimate of drug-likeness (QED) is 0.873. The molecule has 1 amide bonds. The van der Waals surface area contributed by atoms with Gasteiger partial charge in [0.15, 0.2) is 0 Å². The van der Waals surface area contributed by atoms with Crippen molar-refractivity contribution in [1.29, 1.82) is 0 Å². The van der Waals surface area contributed by atoms with Crippen LogP contribution in [0.25, 0.3) is 0 Å². The van der Waals surface area contributed by atoms with E-state index in [0.717, 1.165) is 11.5 Å². The molecular formula is C14H13ClN2O3S. The van der Waals surface area contributed by atoms with Gasteiger partial charge in [0.25, 0.3) is 5.91 Å². The third-order valence-electron chi connectivity index (χ3n) is 2.69. The Labute approximate surface area is 131 Å². The molecule has 0 atom stereocenters. The molecule has 2 aromatic rings. The predicted octanol–water partition coefficient (Wildman–Crippen LogP) is 3.53. The highest BCUT2D eigenvalue weighted by Crippen LogP contribution is 2.26. The summed E-state index contributed by atoms with van der Waals surface area (Å²) in [7, 11) is 0. The van der Waals surface area contributed by atoms with Crippen LogP contribution < -0.4 is 5.32 Å². The molecule has 0 radical (unpaired) electrons. The first kappa shape index (κ1) is 15.5. The lowest BCUT2D eigenvalue weighted by Crippen LogP contribution is -2.15. The highest BCUT2D eigenvalue weighted by Gasteiger charge is 2.22. The number of amides is 1. The first-order chi connectivity index (χ1) is 10.0. The van der Waals surface area contributed by atoms with Gasteiger partial charge in [-0.3, -0.25) is 4.79 Å². The van der Waals surface area contributed by atoms with Crippen molar-refractivity contribution >= 4 is 40.0 Å². The molecule has 0 aliphatic carbocycles. The summed E-state index contributed by atoms with van der Waals surface area (Å²) >= 11 is 7.01. The normalized spacial score (nSPS) is 10.2. The van der Waals surface area contributed by atoms with Crippen molar-refractivity contribution in [2.75, 3.05) is 11.9 Å². The number of aryl methyl sites for hydroxylation is 1. The van der Waals surface area contributed by atoms with Crippen molar-refractivity contribution < 1.29 is 14.3 Å². The summed E-state index contributed by atoms with van der Waals surface area (Å²) in [6, 6.07) is 6.68. The van der Waals surface area contributed by atoms with E-state index in [1.54, 1.807) is 38.1 Å². The first-order valence-electron chi connectivity index (χ1n) is 6.23. The van der Waals surface area contributed by atoms with Crippen LogP contribution in [0, 0.1) is 6.92 Å². The summed E-state index contributed by atoms with van der Waals surface area (Å²) < 4.78 is 9.05. The average molecular weight is 325 g/mol. The topological polar surface area (TPSA) is 68.3 Å². The van der Waals surface area contributed by atoms with E-state index in [1.807, 2.05) is 0 Å². The number of halogens is 1. The van der Waals surface area contributed by atoms with Crippen LogP contribution in [-0.4, -0.2) is 22.9 Å². The molecule has 2 rings (SSSR count). The molecule has 0 spiro atoms. The van der Waals surface area contributed by atoms with Crippen LogP contribution in [-0.2, 0) is 4.74 Å². The van der Waals surface area contributed by atoms with E-state index in [2.05, 4.69) is 9.69 Å². The van der Waals surface area contributed by atoms with Crippen molar-refractivity contribution in [3.63, 3.8) is 0 Å². The molecule has 0 fully saturated rings. The molecule has 110 valence electrons. The van der Waals surface area contributed by atoms with Crippen LogP contribution in [0.2, 0.25) is 5.02 Å². The Morgan fingerprint density at radius 2 is 2.10 bits per heavy atom. The molecular weight excluding hydrogens is 312 g/mol. The van der Waals surface area contributed by atoms with E-state index in [1.165, 1.54) is 0 Å². The van der Waals surface area contributed by atoms with Gasteiger partial charge in [0.2, 0.25) is 0 Å². The van der Waals surface area contributed by atoms with Gasteiger partial charge in [-0.2, -0.15) is 4.37 Å². The molecule has 1 aromatic carbocycles. The summed E-state index contributed by atoms with van der Waals surface area (Å²) in [6.07, 6.45) is 0. The minimum Gasteiger partial charge on any atom is -0.462 e. The van der Waals surface area contributed by atoms with Crippen LogP contribution in [0.1, 0.15) is 33.3 Å². The van der Waals surface area contributed by atoms with E-state index in [0.29, 0.717) is 21.3 Å². The molecule has 0 aliphatic heterocycles. The minimum atomic E-state index is -0.502. The second-order valence-corrected chi connectivity index (χ2v) is 5.31. The van der Waals surface area contributed by atoms with Crippen LogP contribution in [0.4, 0.5) is 5.00 Å². The fourth-order valence-corrected chi connectivity index (χ4v) is 2.72. The maximum absolute atomic E-state index is 12.2. The van der Waals surface area contributed by atoms with Crippen molar-refractivity contribution in [2.45, 2.75) is 13.8 Å². The molecule has 1 N–H and O–H groups in total. The molecule has 0 unspecified atom stereocenters. The van der Waals surface area contributed by atoms with Gasteiger partial charge in [-0.25, -0.2) is 4.79 Å². The molecule has 1 heterocycles. The number of benzene rings is 1. The number of rotatable bonds is 4. The van der Waals surface area contributed by atoms with Crippen molar-refractivity contribution in [1.82, 2.24) is 4.37 Å². The van der Waals surface area contributed by atoms with E-state index < -0.39 is 11.9 Å². The van der Waals surface area contributed by atoms with Crippen LogP contribution in [0.15, 0.2) is 24.3 Å². The number of aromatic nitrogens is 1. The van der Waals surface area contributed by atoms with E-state index in [-0.39, 0.29) is 12.2 Å². The molecule has 0 saturated heterocycles. The molecule has 1 aromatic heterocycles. The number of nitrogens with one attached hydrogen (secondary N) is 1. The standard InChI is InChI=1S/C14H13ClN2O3S/c1-3-20-14(19)11-8(2)17-21-13(11)16-12(18)9-6-4-5-7-10(9)15/h4-7H,3H2,1-2H3,(H,16,18). The Balaban J connectivity index is 2.27. The van der Waals surface area contributed by atoms with E-state index >= 15 is 0 Å². The van der Waals surface area contributed by atoms with Gasteiger partial charge in [0.1, 0.15) is 10.6 Å². The Kier molecular flexibility index (Phi) is 4.93. The molecule has 0 bridgehead atoms. The minimum absolute atomic E-state index is 0.256. The van der Waals surface area contributed by atoms with Gasteiger partial charge in [-0.1, -0.05) is 23.7 Å². The number of hydrogen-bond donors (Lipinski definition) is 1. The number of nitrogens with zero attached hydrogens (tertiary/aromatic N) is 1. The highest BCUT2D eigenvalue weighted by atomic mass is 35.5. The second-order valence-electron chi connectivity index (χ2n) is 4.13. The zero-order valence-corrected chi connectivity index (χ0v) is 13.0. The first-order valence-corrected chi connectivity index (χ1v) is 7.39. The number of carbonyl (C=O) groups is 2. The molecule has 21 heavy (non-hydrogen) atoms. The van der Waals surface area contributed by atoms with Gasteiger partial charge < -0.3 is 10.1 Å². The van der Waals surface area contributed by atoms with E-state index in [9.17, 15) is 9.59 Å².